The Labute approximate surface area is 87.7 Å². The average Bonchev–Trinajstić information content (AvgIpc) is 2.83. The summed E-state index contributed by atoms with van der Waals surface area (Å²) in [7, 11) is 0. The molecule has 0 unspecified atom stereocenters. The molecule has 5 nitrogen and oxygen atoms in total. The number of nitrogens with one attached hydrogen (secondary N) is 1. The smallest absolute Gasteiger partial charge is 0.319 e. The van der Waals surface area contributed by atoms with Crippen molar-refractivity contribution in [1.82, 2.24) is 14.8 Å². The van der Waals surface area contributed by atoms with E-state index in [2.05, 4.69) is 10.2 Å². The molecule has 15 heavy (non-hydrogen) atoms. The van der Waals surface area contributed by atoms with E-state index in [0.717, 1.165) is 44.3 Å². The van der Waals surface area contributed by atoms with Crippen LogP contribution >= 0.6 is 0 Å². The Morgan fingerprint density at radius 3 is 2.67 bits per heavy atom. The lowest BCUT2D eigenvalue weighted by Crippen LogP contribution is -2.37. The van der Waals surface area contributed by atoms with E-state index < -0.39 is 0 Å². The fourth-order valence-corrected chi connectivity index (χ4v) is 2.56. The molecule has 82 valence electrons. The topological polar surface area (TPSA) is 76.7 Å². The lowest BCUT2D eigenvalue weighted by molar-refractivity contribution is 0.405. The van der Waals surface area contributed by atoms with Gasteiger partial charge in [-0.05, 0) is 25.7 Å². The summed E-state index contributed by atoms with van der Waals surface area (Å²) >= 11 is 0. The van der Waals surface area contributed by atoms with Gasteiger partial charge in [0.05, 0.1) is 5.54 Å². The lowest BCUT2D eigenvalue weighted by Gasteiger charge is -2.22. The van der Waals surface area contributed by atoms with E-state index in [-0.39, 0.29) is 11.2 Å². The quantitative estimate of drug-likeness (QED) is 0.748. The molecule has 5 heteroatoms. The molecule has 0 saturated heterocycles. The van der Waals surface area contributed by atoms with Gasteiger partial charge in [-0.25, -0.2) is 9.89 Å². The average molecular weight is 208 g/mol. The van der Waals surface area contributed by atoms with E-state index in [1.807, 2.05) is 0 Å². The van der Waals surface area contributed by atoms with Crippen molar-refractivity contribution in [2.75, 3.05) is 0 Å². The maximum absolute atomic E-state index is 11.6. The Kier molecular flexibility index (Phi) is 1.80. The van der Waals surface area contributed by atoms with Gasteiger partial charge in [0.15, 0.2) is 5.82 Å². The number of hydrogen-bond acceptors (Lipinski definition) is 3. The van der Waals surface area contributed by atoms with Crippen molar-refractivity contribution in [1.29, 1.82) is 0 Å². The van der Waals surface area contributed by atoms with Crippen LogP contribution in [0.5, 0.6) is 0 Å². The number of rotatable bonds is 2. The normalized spacial score (nSPS) is 24.6. The van der Waals surface area contributed by atoms with Crippen LogP contribution in [-0.2, 0) is 5.54 Å². The molecular formula is C10H16N4O. The molecule has 3 N–H and O–H groups in total. The first kappa shape index (κ1) is 9.15. The molecule has 1 aromatic heterocycles. The van der Waals surface area contributed by atoms with Gasteiger partial charge in [0.25, 0.3) is 0 Å². The van der Waals surface area contributed by atoms with E-state index in [4.69, 9.17) is 5.73 Å². The Morgan fingerprint density at radius 2 is 2.07 bits per heavy atom. The molecule has 2 fully saturated rings. The van der Waals surface area contributed by atoms with Crippen molar-refractivity contribution in [3.05, 3.63) is 16.3 Å². The van der Waals surface area contributed by atoms with Gasteiger partial charge in [0.1, 0.15) is 0 Å². The van der Waals surface area contributed by atoms with Gasteiger partial charge in [-0.1, -0.05) is 12.8 Å². The molecule has 0 spiro atoms. The second-order valence-electron chi connectivity index (χ2n) is 4.82. The molecule has 2 aliphatic rings. The van der Waals surface area contributed by atoms with E-state index in [1.54, 1.807) is 4.57 Å². The van der Waals surface area contributed by atoms with Gasteiger partial charge in [-0.15, -0.1) is 0 Å². The number of nitrogens with two attached hydrogens (primary N) is 1. The maximum atomic E-state index is 11.6. The van der Waals surface area contributed by atoms with Crippen LogP contribution in [0, 0.1) is 0 Å². The molecule has 0 radical (unpaired) electrons. The first-order valence-electron chi connectivity index (χ1n) is 5.67. The van der Waals surface area contributed by atoms with Gasteiger partial charge in [0, 0.05) is 6.04 Å². The zero-order valence-electron chi connectivity index (χ0n) is 8.70. The molecule has 2 saturated carbocycles. The van der Waals surface area contributed by atoms with Gasteiger partial charge < -0.3 is 5.73 Å². The van der Waals surface area contributed by atoms with Gasteiger partial charge >= 0.3 is 5.69 Å². The van der Waals surface area contributed by atoms with Crippen molar-refractivity contribution < 1.29 is 0 Å². The van der Waals surface area contributed by atoms with E-state index in [9.17, 15) is 4.79 Å². The zero-order chi connectivity index (χ0) is 10.5. The highest BCUT2D eigenvalue weighted by Gasteiger charge is 2.39. The zero-order valence-corrected chi connectivity index (χ0v) is 8.70. The Bertz CT molecular complexity index is 423. The number of H-pyrrole nitrogens is 1. The summed E-state index contributed by atoms with van der Waals surface area (Å²) < 4.78 is 1.78. The Morgan fingerprint density at radius 1 is 1.40 bits per heavy atom. The van der Waals surface area contributed by atoms with Crippen LogP contribution in [0.15, 0.2) is 4.79 Å². The highest BCUT2D eigenvalue weighted by molar-refractivity contribution is 5.10. The molecule has 0 aromatic carbocycles. The minimum Gasteiger partial charge on any atom is -0.319 e. The predicted molar refractivity (Wildman–Crippen MR) is 55.5 cm³/mol. The van der Waals surface area contributed by atoms with Crippen LogP contribution in [0.25, 0.3) is 0 Å². The highest BCUT2D eigenvalue weighted by atomic mass is 16.1. The summed E-state index contributed by atoms with van der Waals surface area (Å²) in [5.41, 5.74) is 5.87. The van der Waals surface area contributed by atoms with Gasteiger partial charge in [-0.2, -0.15) is 5.10 Å². The summed E-state index contributed by atoms with van der Waals surface area (Å²) in [4.78, 5) is 11.6. The third-order valence-electron chi connectivity index (χ3n) is 3.56. The van der Waals surface area contributed by atoms with Crippen molar-refractivity contribution in [3.8, 4) is 0 Å². The fraction of sp³-hybridized carbons (Fsp3) is 0.800. The van der Waals surface area contributed by atoms with E-state index in [1.165, 1.54) is 0 Å². The predicted octanol–water partition coefficient (Wildman–Crippen LogP) is 0.634. The van der Waals surface area contributed by atoms with Crippen LogP contribution < -0.4 is 11.4 Å². The monoisotopic (exact) mass is 208 g/mol. The summed E-state index contributed by atoms with van der Waals surface area (Å²) in [6, 6.07) is 0.354. The SMILES string of the molecule is NC1(c2n[nH]c(=O)n2C2CC2)CCCC1. The summed E-state index contributed by atoms with van der Waals surface area (Å²) in [5, 5.41) is 6.67. The Balaban J connectivity index is 2.07. The van der Waals surface area contributed by atoms with Crippen molar-refractivity contribution in [3.63, 3.8) is 0 Å². The highest BCUT2D eigenvalue weighted by Crippen LogP contribution is 2.40. The van der Waals surface area contributed by atoms with Gasteiger partial charge in [0.2, 0.25) is 0 Å². The molecule has 1 aromatic rings. The molecule has 0 bridgehead atoms. The molecule has 0 atom stereocenters. The molecule has 1 heterocycles. The minimum atomic E-state index is -0.359. The van der Waals surface area contributed by atoms with Crippen molar-refractivity contribution >= 4 is 0 Å². The summed E-state index contributed by atoms with van der Waals surface area (Å²) in [6.07, 6.45) is 6.35. The number of aromatic amines is 1. The van der Waals surface area contributed by atoms with E-state index in [0.29, 0.717) is 6.04 Å². The molecule has 0 amide bonds. The van der Waals surface area contributed by atoms with Crippen LogP contribution in [-0.4, -0.2) is 14.8 Å². The second-order valence-corrected chi connectivity index (χ2v) is 4.82. The van der Waals surface area contributed by atoms with Crippen LogP contribution in [0.1, 0.15) is 50.4 Å². The summed E-state index contributed by atoms with van der Waals surface area (Å²) in [5.74, 6) is 0.785. The lowest BCUT2D eigenvalue weighted by atomic mass is 9.98. The molecule has 3 rings (SSSR count). The van der Waals surface area contributed by atoms with E-state index >= 15 is 0 Å². The first-order valence-corrected chi connectivity index (χ1v) is 5.67. The third-order valence-corrected chi connectivity index (χ3v) is 3.56. The van der Waals surface area contributed by atoms with Crippen LogP contribution in [0.4, 0.5) is 0 Å². The third kappa shape index (κ3) is 1.33. The standard InChI is InChI=1S/C10H16N4O/c11-10(5-1-2-6-10)8-12-13-9(15)14(8)7-3-4-7/h7H,1-6,11H2,(H,13,15). The Hall–Kier alpha value is -1.10. The number of hydrogen-bond donors (Lipinski definition) is 2. The maximum Gasteiger partial charge on any atom is 0.343 e. The molecular weight excluding hydrogens is 192 g/mol. The van der Waals surface area contributed by atoms with Crippen LogP contribution in [0.2, 0.25) is 0 Å². The fourth-order valence-electron chi connectivity index (χ4n) is 2.56. The number of aromatic nitrogens is 3. The number of nitrogens with zero attached hydrogens (tertiary/aromatic N) is 2. The molecule has 0 aliphatic heterocycles. The first-order chi connectivity index (χ1) is 7.21. The van der Waals surface area contributed by atoms with Crippen molar-refractivity contribution in [2.24, 2.45) is 5.73 Å². The minimum absolute atomic E-state index is 0.0933. The largest absolute Gasteiger partial charge is 0.343 e. The van der Waals surface area contributed by atoms with Crippen LogP contribution in [0.3, 0.4) is 0 Å². The second kappa shape index (κ2) is 2.95. The summed E-state index contributed by atoms with van der Waals surface area (Å²) in [6.45, 7) is 0. The molecule has 2 aliphatic carbocycles. The van der Waals surface area contributed by atoms with Crippen molar-refractivity contribution in [2.45, 2.75) is 50.1 Å². The van der Waals surface area contributed by atoms with Gasteiger partial charge in [-0.3, -0.25) is 4.57 Å².